The summed E-state index contributed by atoms with van der Waals surface area (Å²) < 4.78 is 4.73. The van der Waals surface area contributed by atoms with Gasteiger partial charge in [0.05, 0.1) is 0 Å². The lowest BCUT2D eigenvalue weighted by Gasteiger charge is -2.22. The SMILES string of the molecule is C=CCOC(=O)CC(=O)NC1CCCCC1. The van der Waals surface area contributed by atoms with Crippen molar-refractivity contribution < 1.29 is 14.3 Å². The Morgan fingerprint density at radius 3 is 2.62 bits per heavy atom. The van der Waals surface area contributed by atoms with Crippen LogP contribution < -0.4 is 5.32 Å². The fourth-order valence-electron chi connectivity index (χ4n) is 1.86. The largest absolute Gasteiger partial charge is 0.461 e. The molecule has 1 N–H and O–H groups in total. The van der Waals surface area contributed by atoms with E-state index in [0.29, 0.717) is 0 Å². The number of carbonyl (C=O) groups is 2. The Morgan fingerprint density at radius 1 is 1.31 bits per heavy atom. The minimum atomic E-state index is -0.492. The third-order valence-corrected chi connectivity index (χ3v) is 2.64. The summed E-state index contributed by atoms with van der Waals surface area (Å²) in [6.07, 6.45) is 6.90. The van der Waals surface area contributed by atoms with Crippen molar-refractivity contribution >= 4 is 11.9 Å². The summed E-state index contributed by atoms with van der Waals surface area (Å²) in [5, 5.41) is 2.86. The van der Waals surface area contributed by atoms with E-state index in [-0.39, 0.29) is 25.0 Å². The van der Waals surface area contributed by atoms with Crippen molar-refractivity contribution in [1.29, 1.82) is 0 Å². The Bertz CT molecular complexity index is 257. The number of nitrogens with one attached hydrogen (secondary N) is 1. The molecule has 0 atom stereocenters. The van der Waals surface area contributed by atoms with Gasteiger partial charge < -0.3 is 10.1 Å². The van der Waals surface area contributed by atoms with Crippen LogP contribution in [0.15, 0.2) is 12.7 Å². The third-order valence-electron chi connectivity index (χ3n) is 2.64. The highest BCUT2D eigenvalue weighted by Gasteiger charge is 2.17. The number of esters is 1. The highest BCUT2D eigenvalue weighted by Crippen LogP contribution is 2.17. The van der Waals surface area contributed by atoms with E-state index in [2.05, 4.69) is 11.9 Å². The zero-order chi connectivity index (χ0) is 11.8. The lowest BCUT2D eigenvalue weighted by Crippen LogP contribution is -2.37. The van der Waals surface area contributed by atoms with E-state index in [0.717, 1.165) is 25.7 Å². The maximum atomic E-state index is 11.4. The zero-order valence-corrected chi connectivity index (χ0v) is 9.54. The molecule has 1 saturated carbocycles. The monoisotopic (exact) mass is 225 g/mol. The first-order valence-corrected chi connectivity index (χ1v) is 5.78. The standard InChI is InChI=1S/C12H19NO3/c1-2-8-16-12(15)9-11(14)13-10-6-4-3-5-7-10/h2,10H,1,3-9H2,(H,13,14). The molecule has 0 radical (unpaired) electrons. The van der Waals surface area contributed by atoms with Crippen molar-refractivity contribution in [1.82, 2.24) is 5.32 Å². The van der Waals surface area contributed by atoms with E-state index in [1.807, 2.05) is 0 Å². The van der Waals surface area contributed by atoms with E-state index in [1.165, 1.54) is 12.5 Å². The van der Waals surface area contributed by atoms with Gasteiger partial charge in [-0.3, -0.25) is 9.59 Å². The predicted octanol–water partition coefficient (Wildman–Crippen LogP) is 1.55. The molecule has 1 amide bonds. The van der Waals surface area contributed by atoms with Crippen molar-refractivity contribution in [3.05, 3.63) is 12.7 Å². The maximum absolute atomic E-state index is 11.4. The lowest BCUT2D eigenvalue weighted by molar-refractivity contribution is -0.145. The number of ether oxygens (including phenoxy) is 1. The van der Waals surface area contributed by atoms with Crippen LogP contribution in [0.25, 0.3) is 0 Å². The fraction of sp³-hybridized carbons (Fsp3) is 0.667. The van der Waals surface area contributed by atoms with Gasteiger partial charge >= 0.3 is 5.97 Å². The molecule has 1 aliphatic carbocycles. The minimum Gasteiger partial charge on any atom is -0.461 e. The molecule has 0 unspecified atom stereocenters. The molecule has 0 saturated heterocycles. The number of hydrogen-bond acceptors (Lipinski definition) is 3. The topological polar surface area (TPSA) is 55.4 Å². The summed E-state index contributed by atoms with van der Waals surface area (Å²) in [5.41, 5.74) is 0. The molecule has 0 spiro atoms. The van der Waals surface area contributed by atoms with E-state index in [4.69, 9.17) is 4.74 Å². The van der Waals surface area contributed by atoms with Gasteiger partial charge in [-0.15, -0.1) is 0 Å². The Morgan fingerprint density at radius 2 is 2.00 bits per heavy atom. The van der Waals surface area contributed by atoms with Crippen LogP contribution in [0.4, 0.5) is 0 Å². The third kappa shape index (κ3) is 4.96. The Kier molecular flexibility index (Phi) is 5.61. The predicted molar refractivity (Wildman–Crippen MR) is 60.8 cm³/mol. The van der Waals surface area contributed by atoms with Crippen molar-refractivity contribution in [2.45, 2.75) is 44.6 Å². The Balaban J connectivity index is 2.18. The average Bonchev–Trinajstić information content (AvgIpc) is 2.27. The highest BCUT2D eigenvalue weighted by molar-refractivity contribution is 5.94. The summed E-state index contributed by atoms with van der Waals surface area (Å²) in [7, 11) is 0. The van der Waals surface area contributed by atoms with Gasteiger partial charge in [-0.25, -0.2) is 0 Å². The molecule has 4 nitrogen and oxygen atoms in total. The fourth-order valence-corrected chi connectivity index (χ4v) is 1.86. The number of hydrogen-bond donors (Lipinski definition) is 1. The van der Waals surface area contributed by atoms with Crippen LogP contribution in [0.5, 0.6) is 0 Å². The van der Waals surface area contributed by atoms with Crippen LogP contribution in [0.2, 0.25) is 0 Å². The van der Waals surface area contributed by atoms with Crippen LogP contribution in [-0.4, -0.2) is 24.5 Å². The summed E-state index contributed by atoms with van der Waals surface area (Å²) in [6, 6.07) is 0.244. The van der Waals surface area contributed by atoms with Gasteiger partial charge in [0.2, 0.25) is 5.91 Å². The first-order valence-electron chi connectivity index (χ1n) is 5.78. The molecular formula is C12H19NO3. The van der Waals surface area contributed by atoms with Crippen molar-refractivity contribution in [2.75, 3.05) is 6.61 Å². The van der Waals surface area contributed by atoms with Crippen molar-refractivity contribution in [3.63, 3.8) is 0 Å². The molecule has 0 heterocycles. The molecular weight excluding hydrogens is 206 g/mol. The van der Waals surface area contributed by atoms with Crippen molar-refractivity contribution in [2.24, 2.45) is 0 Å². The van der Waals surface area contributed by atoms with E-state index in [9.17, 15) is 9.59 Å². The molecule has 0 aromatic rings. The van der Waals surface area contributed by atoms with Crippen molar-refractivity contribution in [3.8, 4) is 0 Å². The quantitative estimate of drug-likeness (QED) is 0.439. The maximum Gasteiger partial charge on any atom is 0.315 e. The minimum absolute atomic E-state index is 0.162. The first kappa shape index (κ1) is 12.7. The Labute approximate surface area is 96.0 Å². The van der Waals surface area contributed by atoms with Crippen LogP contribution >= 0.6 is 0 Å². The molecule has 1 aliphatic rings. The van der Waals surface area contributed by atoms with Crippen LogP contribution in [0.3, 0.4) is 0 Å². The van der Waals surface area contributed by atoms with Gasteiger partial charge in [-0.2, -0.15) is 0 Å². The molecule has 1 rings (SSSR count). The summed E-state index contributed by atoms with van der Waals surface area (Å²) >= 11 is 0. The normalized spacial score (nSPS) is 16.5. The number of rotatable bonds is 5. The second-order valence-electron chi connectivity index (χ2n) is 4.05. The first-order chi connectivity index (χ1) is 7.72. The van der Waals surface area contributed by atoms with Gasteiger partial charge in [0.1, 0.15) is 13.0 Å². The highest BCUT2D eigenvalue weighted by atomic mass is 16.5. The van der Waals surface area contributed by atoms with Crippen LogP contribution in [0.1, 0.15) is 38.5 Å². The molecule has 90 valence electrons. The Hall–Kier alpha value is -1.32. The zero-order valence-electron chi connectivity index (χ0n) is 9.54. The van der Waals surface area contributed by atoms with E-state index < -0.39 is 5.97 Å². The summed E-state index contributed by atoms with van der Waals surface area (Å²) in [6.45, 7) is 3.59. The van der Waals surface area contributed by atoms with Crippen LogP contribution in [0, 0.1) is 0 Å². The molecule has 0 aromatic carbocycles. The molecule has 0 aromatic heterocycles. The molecule has 1 fully saturated rings. The molecule has 16 heavy (non-hydrogen) atoms. The summed E-state index contributed by atoms with van der Waals surface area (Å²) in [5.74, 6) is -0.728. The smallest absolute Gasteiger partial charge is 0.315 e. The van der Waals surface area contributed by atoms with E-state index in [1.54, 1.807) is 0 Å². The van der Waals surface area contributed by atoms with Gasteiger partial charge in [0.15, 0.2) is 0 Å². The summed E-state index contributed by atoms with van der Waals surface area (Å²) in [4.78, 5) is 22.6. The molecule has 4 heteroatoms. The van der Waals surface area contributed by atoms with Gasteiger partial charge in [-0.05, 0) is 12.8 Å². The lowest BCUT2D eigenvalue weighted by atomic mass is 9.95. The number of carbonyl (C=O) groups excluding carboxylic acids is 2. The molecule has 0 bridgehead atoms. The van der Waals surface area contributed by atoms with E-state index >= 15 is 0 Å². The number of amides is 1. The second-order valence-corrected chi connectivity index (χ2v) is 4.05. The average molecular weight is 225 g/mol. The molecule has 0 aliphatic heterocycles. The van der Waals surface area contributed by atoms with Gasteiger partial charge in [-0.1, -0.05) is 31.9 Å². The second kappa shape index (κ2) is 7.04. The van der Waals surface area contributed by atoms with Gasteiger partial charge in [0.25, 0.3) is 0 Å². The van der Waals surface area contributed by atoms with Gasteiger partial charge in [0, 0.05) is 6.04 Å². The van der Waals surface area contributed by atoms with Crippen LogP contribution in [-0.2, 0) is 14.3 Å².